The smallest absolute Gasteiger partial charge is 0.253 e. The highest BCUT2D eigenvalue weighted by molar-refractivity contribution is 7.89. The predicted molar refractivity (Wildman–Crippen MR) is 51.0 cm³/mol. The Bertz CT molecular complexity index is 562. The van der Waals surface area contributed by atoms with Crippen LogP contribution in [0.4, 0.5) is 0 Å². The van der Waals surface area contributed by atoms with E-state index in [1.165, 1.54) is 0 Å². The third kappa shape index (κ3) is 2.00. The Morgan fingerprint density at radius 1 is 1.33 bits per heavy atom. The molecule has 0 bridgehead atoms. The van der Waals surface area contributed by atoms with Gasteiger partial charge in [0.2, 0.25) is 5.82 Å². The van der Waals surface area contributed by atoms with Crippen molar-refractivity contribution >= 4 is 10.0 Å². The van der Waals surface area contributed by atoms with Gasteiger partial charge in [-0.1, -0.05) is 6.07 Å². The van der Waals surface area contributed by atoms with Gasteiger partial charge in [-0.3, -0.25) is 4.98 Å². The first-order valence-electron chi connectivity index (χ1n) is 3.94. The number of primary sulfonamides is 1. The molecule has 7 nitrogen and oxygen atoms in total. The number of aromatic nitrogens is 4. The summed E-state index contributed by atoms with van der Waals surface area (Å²) in [5.41, 5.74) is 0.476. The van der Waals surface area contributed by atoms with Gasteiger partial charge in [0, 0.05) is 6.20 Å². The zero-order valence-corrected chi connectivity index (χ0v) is 8.27. The van der Waals surface area contributed by atoms with E-state index in [9.17, 15) is 8.42 Å². The van der Waals surface area contributed by atoms with E-state index in [2.05, 4.69) is 20.2 Å². The molecule has 2 heterocycles. The number of nitrogens with zero attached hydrogens (tertiary/aromatic N) is 3. The van der Waals surface area contributed by atoms with Gasteiger partial charge in [-0.15, -0.1) is 0 Å². The Hall–Kier alpha value is -1.80. The summed E-state index contributed by atoms with van der Waals surface area (Å²) in [5.74, 6) is 0.194. The monoisotopic (exact) mass is 225 g/mol. The minimum atomic E-state index is -3.85. The van der Waals surface area contributed by atoms with E-state index in [-0.39, 0.29) is 11.0 Å². The van der Waals surface area contributed by atoms with Crippen molar-refractivity contribution in [3.8, 4) is 11.5 Å². The largest absolute Gasteiger partial charge is 0.273 e. The average Bonchev–Trinajstić information content (AvgIpc) is 2.67. The third-order valence-corrected chi connectivity index (χ3v) is 2.35. The molecule has 3 N–H and O–H groups in total. The number of nitrogens with one attached hydrogen (secondary N) is 1. The number of sulfonamides is 1. The van der Waals surface area contributed by atoms with Crippen molar-refractivity contribution in [2.45, 2.75) is 5.16 Å². The van der Waals surface area contributed by atoms with E-state index >= 15 is 0 Å². The number of aromatic amines is 1. The quantitative estimate of drug-likeness (QED) is 0.715. The maximum atomic E-state index is 10.9. The molecule has 0 aliphatic carbocycles. The van der Waals surface area contributed by atoms with Crippen molar-refractivity contribution in [3.63, 3.8) is 0 Å². The van der Waals surface area contributed by atoms with Crippen molar-refractivity contribution in [2.24, 2.45) is 5.14 Å². The van der Waals surface area contributed by atoms with Gasteiger partial charge >= 0.3 is 0 Å². The van der Waals surface area contributed by atoms with Gasteiger partial charge in [0.25, 0.3) is 15.2 Å². The Kier molecular flexibility index (Phi) is 2.21. The first kappa shape index (κ1) is 9.74. The number of hydrogen-bond acceptors (Lipinski definition) is 5. The average molecular weight is 225 g/mol. The molecule has 8 heteroatoms. The Labute approximate surface area is 85.4 Å². The summed E-state index contributed by atoms with van der Waals surface area (Å²) < 4.78 is 21.8. The van der Waals surface area contributed by atoms with Gasteiger partial charge in [-0.05, 0) is 12.1 Å². The van der Waals surface area contributed by atoms with Crippen LogP contribution in [0.1, 0.15) is 0 Å². The zero-order chi connectivity index (χ0) is 10.9. The van der Waals surface area contributed by atoms with Gasteiger partial charge in [-0.2, -0.15) is 10.1 Å². The fraction of sp³-hybridized carbons (Fsp3) is 0. The summed E-state index contributed by atoms with van der Waals surface area (Å²) in [6.07, 6.45) is 1.56. The van der Waals surface area contributed by atoms with Crippen molar-refractivity contribution in [1.29, 1.82) is 0 Å². The SMILES string of the molecule is NS(=O)(=O)c1nc(-c2ccccn2)n[nH]1. The van der Waals surface area contributed by atoms with Crippen molar-refractivity contribution in [3.05, 3.63) is 24.4 Å². The molecule has 0 aliphatic rings. The van der Waals surface area contributed by atoms with Crippen LogP contribution < -0.4 is 5.14 Å². The van der Waals surface area contributed by atoms with Crippen LogP contribution in [0.25, 0.3) is 11.5 Å². The molecular formula is C7H7N5O2S. The molecule has 15 heavy (non-hydrogen) atoms. The highest BCUT2D eigenvalue weighted by Gasteiger charge is 2.15. The van der Waals surface area contributed by atoms with E-state index < -0.39 is 10.0 Å². The zero-order valence-electron chi connectivity index (χ0n) is 7.45. The molecule has 0 aromatic carbocycles. The fourth-order valence-electron chi connectivity index (χ4n) is 0.984. The van der Waals surface area contributed by atoms with E-state index in [0.717, 1.165) is 0 Å². The highest BCUT2D eigenvalue weighted by atomic mass is 32.2. The number of pyridine rings is 1. The molecule has 2 aromatic rings. The third-order valence-electron chi connectivity index (χ3n) is 1.63. The molecule has 0 saturated heterocycles. The minimum Gasteiger partial charge on any atom is -0.253 e. The number of rotatable bonds is 2. The predicted octanol–water partition coefficient (Wildman–Crippen LogP) is -0.486. The molecule has 0 radical (unpaired) electrons. The maximum absolute atomic E-state index is 10.9. The molecule has 0 fully saturated rings. The molecule has 78 valence electrons. The standard InChI is InChI=1S/C7H7N5O2S/c8-15(13,14)7-10-6(11-12-7)5-3-1-2-4-9-5/h1-4H,(H2,8,13,14)(H,10,11,12). The highest BCUT2D eigenvalue weighted by Crippen LogP contribution is 2.11. The van der Waals surface area contributed by atoms with Crippen LogP contribution in [-0.2, 0) is 10.0 Å². The first-order valence-corrected chi connectivity index (χ1v) is 5.48. The van der Waals surface area contributed by atoms with Crippen LogP contribution in [-0.4, -0.2) is 28.6 Å². The molecule has 0 unspecified atom stereocenters. The van der Waals surface area contributed by atoms with E-state index in [1.807, 2.05) is 0 Å². The lowest BCUT2D eigenvalue weighted by Crippen LogP contribution is -2.13. The lowest BCUT2D eigenvalue weighted by molar-refractivity contribution is 0.589. The fourth-order valence-corrected chi connectivity index (χ4v) is 1.37. The second kappa shape index (κ2) is 3.41. The summed E-state index contributed by atoms with van der Waals surface area (Å²) >= 11 is 0. The van der Waals surface area contributed by atoms with Crippen LogP contribution in [0.15, 0.2) is 29.6 Å². The molecule has 0 spiro atoms. The lowest BCUT2D eigenvalue weighted by atomic mass is 10.3. The number of hydrogen-bond donors (Lipinski definition) is 2. The van der Waals surface area contributed by atoms with Gasteiger partial charge in [-0.25, -0.2) is 18.7 Å². The van der Waals surface area contributed by atoms with E-state index in [0.29, 0.717) is 5.69 Å². The molecule has 2 rings (SSSR count). The van der Waals surface area contributed by atoms with E-state index in [4.69, 9.17) is 5.14 Å². The summed E-state index contributed by atoms with van der Waals surface area (Å²) in [6.45, 7) is 0. The van der Waals surface area contributed by atoms with Crippen molar-refractivity contribution in [1.82, 2.24) is 20.2 Å². The summed E-state index contributed by atoms with van der Waals surface area (Å²) in [6, 6.07) is 5.14. The molecule has 0 aliphatic heterocycles. The van der Waals surface area contributed by atoms with Crippen LogP contribution in [0.3, 0.4) is 0 Å². The molecular weight excluding hydrogens is 218 g/mol. The second-order valence-electron chi connectivity index (χ2n) is 2.72. The van der Waals surface area contributed by atoms with E-state index in [1.54, 1.807) is 24.4 Å². The Morgan fingerprint density at radius 2 is 2.13 bits per heavy atom. The van der Waals surface area contributed by atoms with Gasteiger partial charge < -0.3 is 0 Å². The van der Waals surface area contributed by atoms with Crippen LogP contribution >= 0.6 is 0 Å². The summed E-state index contributed by atoms with van der Waals surface area (Å²) in [4.78, 5) is 7.67. The van der Waals surface area contributed by atoms with Gasteiger partial charge in [0.15, 0.2) is 0 Å². The van der Waals surface area contributed by atoms with Crippen LogP contribution in [0.2, 0.25) is 0 Å². The normalized spacial score (nSPS) is 11.5. The van der Waals surface area contributed by atoms with Gasteiger partial charge in [0.05, 0.1) is 0 Å². The van der Waals surface area contributed by atoms with Crippen LogP contribution in [0, 0.1) is 0 Å². The maximum Gasteiger partial charge on any atom is 0.273 e. The number of nitrogens with two attached hydrogens (primary N) is 1. The minimum absolute atomic E-state index is 0.194. The molecule has 0 atom stereocenters. The Balaban J connectivity index is 2.46. The second-order valence-corrected chi connectivity index (χ2v) is 4.20. The molecule has 0 saturated carbocycles. The van der Waals surface area contributed by atoms with Crippen molar-refractivity contribution in [2.75, 3.05) is 0 Å². The van der Waals surface area contributed by atoms with Crippen LogP contribution in [0.5, 0.6) is 0 Å². The Morgan fingerprint density at radius 3 is 2.67 bits per heavy atom. The number of H-pyrrole nitrogens is 1. The lowest BCUT2D eigenvalue weighted by Gasteiger charge is -1.90. The topological polar surface area (TPSA) is 115 Å². The van der Waals surface area contributed by atoms with Gasteiger partial charge in [0.1, 0.15) is 5.69 Å². The molecule has 2 aromatic heterocycles. The first-order chi connectivity index (χ1) is 7.07. The summed E-state index contributed by atoms with van der Waals surface area (Å²) in [5, 5.41) is 10.4. The van der Waals surface area contributed by atoms with Crippen molar-refractivity contribution < 1.29 is 8.42 Å². The molecule has 0 amide bonds. The summed E-state index contributed by atoms with van der Waals surface area (Å²) in [7, 11) is -3.85.